The Morgan fingerprint density at radius 2 is 1.66 bits per heavy atom. The van der Waals surface area contributed by atoms with E-state index < -0.39 is 16.0 Å². The average molecular weight is 526 g/mol. The van der Waals surface area contributed by atoms with Crippen molar-refractivity contribution < 1.29 is 27.5 Å². The van der Waals surface area contributed by atoms with E-state index in [0.29, 0.717) is 35.4 Å². The molecule has 1 heterocycles. The number of hydrogen-bond acceptors (Lipinski definition) is 6. The molecule has 0 spiro atoms. The summed E-state index contributed by atoms with van der Waals surface area (Å²) in [5.74, 6) is 1.28. The van der Waals surface area contributed by atoms with Gasteiger partial charge in [0.1, 0.15) is 0 Å². The number of carbonyl (C=O) groups excluding carboxylic acids is 2. The van der Waals surface area contributed by atoms with E-state index in [2.05, 4.69) is 15.9 Å². The lowest BCUT2D eigenvalue weighted by molar-refractivity contribution is -0.147. The molecule has 4 saturated carbocycles. The number of ketones is 1. The normalized spacial score (nSPS) is 32.1. The summed E-state index contributed by atoms with van der Waals surface area (Å²) >= 11 is 3.29. The van der Waals surface area contributed by atoms with Crippen molar-refractivity contribution in [3.63, 3.8) is 0 Å². The highest BCUT2D eigenvalue weighted by Gasteiger charge is 2.54. The summed E-state index contributed by atoms with van der Waals surface area (Å²) in [5, 5.41) is 0. The molecule has 0 unspecified atom stereocenters. The molecule has 4 aliphatic carbocycles. The van der Waals surface area contributed by atoms with Crippen molar-refractivity contribution in [2.75, 3.05) is 32.9 Å². The molecule has 1 aromatic rings. The summed E-state index contributed by atoms with van der Waals surface area (Å²) in [7, 11) is -3.78. The Morgan fingerprint density at radius 3 is 2.25 bits per heavy atom. The molecule has 1 aromatic carbocycles. The summed E-state index contributed by atoms with van der Waals surface area (Å²) in [6, 6.07) is 4.37. The molecule has 5 aliphatic rings. The molecule has 32 heavy (non-hydrogen) atoms. The van der Waals surface area contributed by atoms with E-state index in [4.69, 9.17) is 9.47 Å². The molecule has 7 nitrogen and oxygen atoms in total. The van der Waals surface area contributed by atoms with Crippen molar-refractivity contribution in [3.05, 3.63) is 28.2 Å². The molecule has 1 saturated heterocycles. The molecule has 9 heteroatoms. The Kier molecular flexibility index (Phi) is 5.97. The van der Waals surface area contributed by atoms with E-state index in [0.717, 1.165) is 19.3 Å². The van der Waals surface area contributed by atoms with E-state index in [9.17, 15) is 18.0 Å². The molecule has 6 rings (SSSR count). The Balaban J connectivity index is 1.28. The molecular weight excluding hydrogens is 498 g/mol. The molecule has 174 valence electrons. The van der Waals surface area contributed by atoms with Crippen LogP contribution in [0, 0.1) is 23.2 Å². The lowest BCUT2D eigenvalue weighted by atomic mass is 9.48. The van der Waals surface area contributed by atoms with Crippen LogP contribution in [0.2, 0.25) is 0 Å². The van der Waals surface area contributed by atoms with Crippen molar-refractivity contribution in [2.45, 2.75) is 43.4 Å². The second-order valence-corrected chi connectivity index (χ2v) is 12.6. The van der Waals surface area contributed by atoms with Gasteiger partial charge in [0.25, 0.3) is 0 Å². The van der Waals surface area contributed by atoms with Gasteiger partial charge in [-0.05, 0) is 90.4 Å². The topological polar surface area (TPSA) is 90.0 Å². The van der Waals surface area contributed by atoms with Crippen LogP contribution in [0.4, 0.5) is 0 Å². The summed E-state index contributed by atoms with van der Waals surface area (Å²) in [5.41, 5.74) is -0.196. The number of halogens is 1. The molecule has 4 bridgehead atoms. The van der Waals surface area contributed by atoms with Gasteiger partial charge in [-0.25, -0.2) is 13.2 Å². The van der Waals surface area contributed by atoms with Crippen LogP contribution in [0.3, 0.4) is 0 Å². The molecule has 0 radical (unpaired) electrons. The number of hydrogen-bond donors (Lipinski definition) is 0. The number of ether oxygens (including phenoxy) is 2. The Hall–Kier alpha value is -1.29. The van der Waals surface area contributed by atoms with E-state index in [1.807, 2.05) is 0 Å². The van der Waals surface area contributed by atoms with Crippen LogP contribution in [0.1, 0.15) is 48.9 Å². The zero-order valence-corrected chi connectivity index (χ0v) is 20.3. The second kappa shape index (κ2) is 8.49. The van der Waals surface area contributed by atoms with E-state index in [-0.39, 0.29) is 41.4 Å². The average Bonchev–Trinajstić information content (AvgIpc) is 2.77. The highest BCUT2D eigenvalue weighted by Crippen LogP contribution is 2.60. The second-order valence-electron chi connectivity index (χ2n) is 9.86. The van der Waals surface area contributed by atoms with Crippen LogP contribution < -0.4 is 0 Å². The fourth-order valence-corrected chi connectivity index (χ4v) is 8.93. The summed E-state index contributed by atoms with van der Waals surface area (Å²) < 4.78 is 38.5. The molecule has 0 aromatic heterocycles. The van der Waals surface area contributed by atoms with Crippen molar-refractivity contribution in [1.82, 2.24) is 4.31 Å². The number of rotatable bonds is 6. The first-order valence-electron chi connectivity index (χ1n) is 11.3. The fourth-order valence-electron chi connectivity index (χ4n) is 6.57. The van der Waals surface area contributed by atoms with E-state index in [1.54, 1.807) is 0 Å². The lowest BCUT2D eigenvalue weighted by Gasteiger charge is -2.55. The van der Waals surface area contributed by atoms with Crippen LogP contribution in [-0.2, 0) is 24.3 Å². The Morgan fingerprint density at radius 1 is 1.06 bits per heavy atom. The number of benzene rings is 1. The molecule has 0 atom stereocenters. The van der Waals surface area contributed by atoms with Gasteiger partial charge >= 0.3 is 5.97 Å². The van der Waals surface area contributed by atoms with Crippen molar-refractivity contribution in [3.8, 4) is 0 Å². The summed E-state index contributed by atoms with van der Waals surface area (Å²) in [4.78, 5) is 25.9. The number of nitrogens with zero attached hydrogens (tertiary/aromatic N) is 1. The Labute approximate surface area is 197 Å². The predicted molar refractivity (Wildman–Crippen MR) is 120 cm³/mol. The van der Waals surface area contributed by atoms with Crippen LogP contribution >= 0.6 is 15.9 Å². The predicted octanol–water partition coefficient (Wildman–Crippen LogP) is 3.41. The monoisotopic (exact) mass is 525 g/mol. The van der Waals surface area contributed by atoms with Gasteiger partial charge in [-0.1, -0.05) is 0 Å². The van der Waals surface area contributed by atoms with Crippen LogP contribution in [0.5, 0.6) is 0 Å². The Bertz CT molecular complexity index is 998. The molecule has 5 fully saturated rings. The standard InChI is InChI=1S/C23H28BrNO6S/c24-19-2-1-18(10-20(19)32(28,29)25-3-5-30-6-4-25)22(27)31-14-21(26)23-11-15-7-16(12-23)9-17(8-15)13-23/h1-2,10,15-17H,3-9,11-14H2. The van der Waals surface area contributed by atoms with Gasteiger partial charge in [-0.15, -0.1) is 0 Å². The van der Waals surface area contributed by atoms with Gasteiger partial charge in [-0.3, -0.25) is 4.79 Å². The van der Waals surface area contributed by atoms with Crippen molar-refractivity contribution in [2.24, 2.45) is 23.2 Å². The minimum atomic E-state index is -3.78. The third-order valence-electron chi connectivity index (χ3n) is 7.72. The zero-order chi connectivity index (χ0) is 22.5. The number of morpholine rings is 1. The van der Waals surface area contributed by atoms with E-state index in [1.165, 1.54) is 41.8 Å². The first kappa shape index (κ1) is 22.5. The maximum absolute atomic E-state index is 13.1. The molecular formula is C23H28BrNO6S. The highest BCUT2D eigenvalue weighted by atomic mass is 79.9. The third kappa shape index (κ3) is 4.06. The van der Waals surface area contributed by atoms with Gasteiger partial charge in [-0.2, -0.15) is 4.31 Å². The van der Waals surface area contributed by atoms with Crippen molar-refractivity contribution >= 4 is 37.7 Å². The number of Topliss-reactive ketones (excluding diaryl/α,β-unsaturated/α-hetero) is 1. The summed E-state index contributed by atoms with van der Waals surface area (Å²) in [6.07, 6.45) is 6.50. The first-order valence-corrected chi connectivity index (χ1v) is 13.6. The van der Waals surface area contributed by atoms with Gasteiger partial charge in [0, 0.05) is 23.0 Å². The number of esters is 1. The van der Waals surface area contributed by atoms with Gasteiger partial charge in [0.15, 0.2) is 12.4 Å². The van der Waals surface area contributed by atoms with E-state index >= 15 is 0 Å². The van der Waals surface area contributed by atoms with Gasteiger partial charge in [0.05, 0.1) is 23.7 Å². The van der Waals surface area contributed by atoms with Crippen LogP contribution in [0.15, 0.2) is 27.6 Å². The third-order valence-corrected chi connectivity index (χ3v) is 10.6. The zero-order valence-electron chi connectivity index (χ0n) is 17.9. The summed E-state index contributed by atoms with van der Waals surface area (Å²) in [6.45, 7) is 0.967. The quantitative estimate of drug-likeness (QED) is 0.528. The number of sulfonamides is 1. The number of carbonyl (C=O) groups is 2. The molecule has 1 aliphatic heterocycles. The maximum atomic E-state index is 13.1. The van der Waals surface area contributed by atoms with Gasteiger partial charge in [0.2, 0.25) is 10.0 Å². The largest absolute Gasteiger partial charge is 0.454 e. The van der Waals surface area contributed by atoms with Crippen LogP contribution in [0.25, 0.3) is 0 Å². The SMILES string of the molecule is O=C(OCC(=O)C12CC3CC(CC(C3)C1)C2)c1ccc(Br)c(S(=O)(=O)N2CCOCC2)c1. The van der Waals surface area contributed by atoms with Crippen LogP contribution in [-0.4, -0.2) is 57.4 Å². The molecule has 0 N–H and O–H groups in total. The lowest BCUT2D eigenvalue weighted by Crippen LogP contribution is -2.51. The minimum Gasteiger partial charge on any atom is -0.454 e. The fraction of sp³-hybridized carbons (Fsp3) is 0.652. The first-order chi connectivity index (χ1) is 15.3. The highest BCUT2D eigenvalue weighted by molar-refractivity contribution is 9.10. The molecule has 0 amide bonds. The minimum absolute atomic E-state index is 0.0151. The maximum Gasteiger partial charge on any atom is 0.338 e. The smallest absolute Gasteiger partial charge is 0.338 e. The van der Waals surface area contributed by atoms with Crippen molar-refractivity contribution in [1.29, 1.82) is 0 Å². The van der Waals surface area contributed by atoms with Gasteiger partial charge < -0.3 is 9.47 Å².